The van der Waals surface area contributed by atoms with Crippen molar-refractivity contribution in [2.75, 3.05) is 0 Å². The third kappa shape index (κ3) is 6.21. The lowest BCUT2D eigenvalue weighted by Crippen LogP contribution is -2.24. The smallest absolute Gasteiger partial charge is 0.405 e. The van der Waals surface area contributed by atoms with Crippen LogP contribution in [0.25, 0.3) is 11.4 Å². The molecule has 0 atom stereocenters. The molecule has 0 aliphatic carbocycles. The van der Waals surface area contributed by atoms with E-state index in [2.05, 4.69) is 20.2 Å². The fourth-order valence-electron chi connectivity index (χ4n) is 2.45. The van der Waals surface area contributed by atoms with Gasteiger partial charge in [0, 0.05) is 35.5 Å². The zero-order valence-corrected chi connectivity index (χ0v) is 15.6. The van der Waals surface area contributed by atoms with Crippen LogP contribution in [0.15, 0.2) is 53.1 Å². The number of aryl methyl sites for hydroxylation is 1. The maximum absolute atomic E-state index is 12.4. The third-order valence-electron chi connectivity index (χ3n) is 3.81. The Balaban J connectivity index is 1.52. The summed E-state index contributed by atoms with van der Waals surface area (Å²) in [7, 11) is 0. The van der Waals surface area contributed by atoms with Crippen LogP contribution in [0.4, 0.5) is 13.2 Å². The average molecular weight is 426 g/mol. The number of aromatic nitrogens is 2. The summed E-state index contributed by atoms with van der Waals surface area (Å²) < 4.78 is 46.4. The van der Waals surface area contributed by atoms with Crippen molar-refractivity contribution in [3.05, 3.63) is 65.0 Å². The highest BCUT2D eigenvalue weighted by atomic mass is 35.5. The predicted molar refractivity (Wildman–Crippen MR) is 98.0 cm³/mol. The van der Waals surface area contributed by atoms with Gasteiger partial charge < -0.3 is 14.6 Å². The van der Waals surface area contributed by atoms with Crippen molar-refractivity contribution in [2.45, 2.75) is 25.7 Å². The Hall–Kier alpha value is -3.07. The second-order valence-electron chi connectivity index (χ2n) is 5.95. The monoisotopic (exact) mass is 425 g/mol. The van der Waals surface area contributed by atoms with Crippen molar-refractivity contribution < 1.29 is 27.2 Å². The van der Waals surface area contributed by atoms with E-state index in [0.29, 0.717) is 10.8 Å². The average Bonchev–Trinajstić information content (AvgIpc) is 3.14. The highest BCUT2D eigenvalue weighted by molar-refractivity contribution is 6.30. The van der Waals surface area contributed by atoms with E-state index in [0.717, 1.165) is 5.56 Å². The number of benzene rings is 2. The van der Waals surface area contributed by atoms with E-state index in [4.69, 9.17) is 16.1 Å². The second kappa shape index (κ2) is 8.95. The van der Waals surface area contributed by atoms with Crippen LogP contribution < -0.4 is 10.1 Å². The molecule has 152 valence electrons. The van der Waals surface area contributed by atoms with Crippen molar-refractivity contribution in [2.24, 2.45) is 0 Å². The van der Waals surface area contributed by atoms with Crippen molar-refractivity contribution in [3.8, 4) is 17.1 Å². The summed E-state index contributed by atoms with van der Waals surface area (Å²) in [4.78, 5) is 16.2. The number of para-hydroxylation sites is 1. The van der Waals surface area contributed by atoms with E-state index in [1.165, 1.54) is 18.2 Å². The van der Waals surface area contributed by atoms with Gasteiger partial charge in [0.15, 0.2) is 0 Å². The number of alkyl halides is 3. The minimum Gasteiger partial charge on any atom is -0.405 e. The molecule has 0 fully saturated rings. The molecule has 10 heteroatoms. The number of nitrogens with one attached hydrogen (secondary N) is 1. The summed E-state index contributed by atoms with van der Waals surface area (Å²) in [5.41, 5.74) is 0.927. The van der Waals surface area contributed by atoms with Gasteiger partial charge in [-0.3, -0.25) is 4.79 Å². The third-order valence-corrected chi connectivity index (χ3v) is 4.06. The van der Waals surface area contributed by atoms with Crippen LogP contribution in [0.3, 0.4) is 0 Å². The minimum atomic E-state index is -4.81. The molecule has 0 unspecified atom stereocenters. The van der Waals surface area contributed by atoms with Gasteiger partial charge in [-0.05, 0) is 30.3 Å². The summed E-state index contributed by atoms with van der Waals surface area (Å²) in [6.45, 7) is -0.106. The van der Waals surface area contributed by atoms with Crippen LogP contribution in [0.1, 0.15) is 17.9 Å². The first kappa shape index (κ1) is 20.7. The molecule has 0 aliphatic heterocycles. The molecule has 1 N–H and O–H groups in total. The van der Waals surface area contributed by atoms with Crippen molar-refractivity contribution >= 4 is 17.5 Å². The molecule has 1 heterocycles. The Kier molecular flexibility index (Phi) is 6.38. The summed E-state index contributed by atoms with van der Waals surface area (Å²) in [6.07, 6.45) is -4.59. The van der Waals surface area contributed by atoms with Crippen molar-refractivity contribution in [1.29, 1.82) is 0 Å². The number of nitrogens with zero attached hydrogens (tertiary/aromatic N) is 2. The lowest BCUT2D eigenvalue weighted by Gasteiger charge is -2.13. The van der Waals surface area contributed by atoms with E-state index in [1.807, 2.05) is 0 Å². The molecule has 3 rings (SSSR count). The SMILES string of the molecule is O=C(CCc1nc(-c2ccc(Cl)cc2)no1)NCc1ccccc1OC(F)(F)F. The van der Waals surface area contributed by atoms with Gasteiger partial charge in [0.1, 0.15) is 5.75 Å². The molecule has 1 aromatic heterocycles. The maximum Gasteiger partial charge on any atom is 0.573 e. The second-order valence-corrected chi connectivity index (χ2v) is 6.39. The molecule has 2 aromatic carbocycles. The van der Waals surface area contributed by atoms with Crippen molar-refractivity contribution in [3.63, 3.8) is 0 Å². The van der Waals surface area contributed by atoms with Crippen LogP contribution in [0, 0.1) is 0 Å². The molecule has 0 saturated carbocycles. The van der Waals surface area contributed by atoms with Gasteiger partial charge in [0.25, 0.3) is 0 Å². The Bertz CT molecular complexity index is 975. The standard InChI is InChI=1S/C19H15ClF3N3O3/c20-14-7-5-12(6-8-14)18-25-17(29-26-18)10-9-16(27)24-11-13-3-1-2-4-15(13)28-19(21,22)23/h1-8H,9-11H2,(H,24,27). The topological polar surface area (TPSA) is 77.2 Å². The molecule has 0 bridgehead atoms. The molecular formula is C19H15ClF3N3O3. The summed E-state index contributed by atoms with van der Waals surface area (Å²) in [5, 5.41) is 6.98. The van der Waals surface area contributed by atoms with Crippen LogP contribution in [0.5, 0.6) is 5.75 Å². The summed E-state index contributed by atoms with van der Waals surface area (Å²) in [6, 6.07) is 12.5. The van der Waals surface area contributed by atoms with Crippen LogP contribution in [-0.2, 0) is 17.8 Å². The molecule has 0 aliphatic rings. The van der Waals surface area contributed by atoms with Crippen LogP contribution in [-0.4, -0.2) is 22.4 Å². The fraction of sp³-hybridized carbons (Fsp3) is 0.211. The van der Waals surface area contributed by atoms with Crippen LogP contribution in [0.2, 0.25) is 5.02 Å². The molecule has 1 amide bonds. The number of halogens is 4. The first-order valence-electron chi connectivity index (χ1n) is 8.49. The minimum absolute atomic E-state index is 0.0323. The van der Waals surface area contributed by atoms with Gasteiger partial charge in [0.05, 0.1) is 0 Å². The zero-order chi connectivity index (χ0) is 20.9. The number of carbonyl (C=O) groups excluding carboxylic acids is 1. The van der Waals surface area contributed by atoms with Crippen molar-refractivity contribution in [1.82, 2.24) is 15.5 Å². The number of amides is 1. The van der Waals surface area contributed by atoms with E-state index in [-0.39, 0.29) is 42.5 Å². The number of rotatable bonds is 7. The van der Waals surface area contributed by atoms with Gasteiger partial charge in [-0.25, -0.2) is 0 Å². The van der Waals surface area contributed by atoms with Gasteiger partial charge >= 0.3 is 6.36 Å². The van der Waals surface area contributed by atoms with E-state index < -0.39 is 6.36 Å². The molecule has 3 aromatic rings. The van der Waals surface area contributed by atoms with Gasteiger partial charge in [-0.15, -0.1) is 13.2 Å². The molecule has 0 saturated heterocycles. The predicted octanol–water partition coefficient (Wildman–Crippen LogP) is 4.54. The summed E-state index contributed by atoms with van der Waals surface area (Å²) in [5.74, 6) is -0.0935. The zero-order valence-electron chi connectivity index (χ0n) is 14.9. The Morgan fingerprint density at radius 1 is 1.14 bits per heavy atom. The Morgan fingerprint density at radius 3 is 2.59 bits per heavy atom. The van der Waals surface area contributed by atoms with E-state index in [1.54, 1.807) is 30.3 Å². The first-order valence-corrected chi connectivity index (χ1v) is 8.87. The van der Waals surface area contributed by atoms with Gasteiger partial charge in [0.2, 0.25) is 17.6 Å². The molecule has 6 nitrogen and oxygen atoms in total. The largest absolute Gasteiger partial charge is 0.573 e. The van der Waals surface area contributed by atoms with E-state index in [9.17, 15) is 18.0 Å². The van der Waals surface area contributed by atoms with Gasteiger partial charge in [-0.1, -0.05) is 35.0 Å². The number of hydrogen-bond acceptors (Lipinski definition) is 5. The highest BCUT2D eigenvalue weighted by Crippen LogP contribution is 2.26. The maximum atomic E-state index is 12.4. The highest BCUT2D eigenvalue weighted by Gasteiger charge is 2.31. The van der Waals surface area contributed by atoms with Crippen LogP contribution >= 0.6 is 11.6 Å². The fourth-order valence-corrected chi connectivity index (χ4v) is 2.58. The first-order chi connectivity index (χ1) is 13.8. The molecular weight excluding hydrogens is 411 g/mol. The molecule has 0 radical (unpaired) electrons. The lowest BCUT2D eigenvalue weighted by atomic mass is 10.2. The number of ether oxygens (including phenoxy) is 1. The molecule has 29 heavy (non-hydrogen) atoms. The Labute approximate surface area is 168 Å². The normalized spacial score (nSPS) is 11.3. The summed E-state index contributed by atoms with van der Waals surface area (Å²) >= 11 is 5.83. The number of carbonyl (C=O) groups is 1. The quantitative estimate of drug-likeness (QED) is 0.601. The number of hydrogen-bond donors (Lipinski definition) is 1. The molecule has 0 spiro atoms. The van der Waals surface area contributed by atoms with E-state index >= 15 is 0 Å². The van der Waals surface area contributed by atoms with Gasteiger partial charge in [-0.2, -0.15) is 4.98 Å². The Morgan fingerprint density at radius 2 is 1.86 bits per heavy atom. The lowest BCUT2D eigenvalue weighted by molar-refractivity contribution is -0.274.